The van der Waals surface area contributed by atoms with Crippen LogP contribution >= 0.6 is 0 Å². The van der Waals surface area contributed by atoms with Crippen LogP contribution in [0.25, 0.3) is 6.08 Å². The van der Waals surface area contributed by atoms with Crippen molar-refractivity contribution in [3.8, 4) is 5.75 Å². The molecule has 0 unspecified atom stereocenters. The monoisotopic (exact) mass is 492 g/mol. The molecule has 5 nitrogen and oxygen atoms in total. The maximum Gasteiger partial charge on any atom is 0.416 e. The molecule has 0 spiro atoms. The molecular formula is C28H23F3N2O3. The van der Waals surface area contributed by atoms with Gasteiger partial charge in [-0.25, -0.2) is 0 Å². The first kappa shape index (κ1) is 24.8. The number of hydrogen-bond acceptors (Lipinski definition) is 3. The van der Waals surface area contributed by atoms with E-state index in [1.165, 1.54) is 52.5 Å². The first-order chi connectivity index (χ1) is 17.2. The van der Waals surface area contributed by atoms with Gasteiger partial charge in [0.1, 0.15) is 11.8 Å². The summed E-state index contributed by atoms with van der Waals surface area (Å²) in [5.74, 6) is -0.770. The maximum atomic E-state index is 13.5. The fourth-order valence-corrected chi connectivity index (χ4v) is 3.90. The SMILES string of the molecule is O=C1[C@H](Cc2ccc(O)cc2)N(C(=O)/C=C/c2ccccc2)C=CN1Cc1cccc(C(F)(F)F)c1. The van der Waals surface area contributed by atoms with Crippen LogP contribution in [0.1, 0.15) is 22.3 Å². The summed E-state index contributed by atoms with van der Waals surface area (Å²) >= 11 is 0. The minimum absolute atomic E-state index is 0.0681. The summed E-state index contributed by atoms with van der Waals surface area (Å²) in [5.41, 5.74) is 1.05. The number of alkyl halides is 3. The Labute approximate surface area is 206 Å². The third-order valence-corrected chi connectivity index (χ3v) is 5.76. The molecule has 2 amide bonds. The summed E-state index contributed by atoms with van der Waals surface area (Å²) in [6.07, 6.45) is 1.56. The summed E-state index contributed by atoms with van der Waals surface area (Å²) in [6, 6.07) is 19.4. The Morgan fingerprint density at radius 1 is 0.917 bits per heavy atom. The highest BCUT2D eigenvalue weighted by atomic mass is 19.4. The lowest BCUT2D eigenvalue weighted by molar-refractivity contribution is -0.141. The molecule has 0 radical (unpaired) electrons. The first-order valence-corrected chi connectivity index (χ1v) is 11.2. The molecule has 3 aromatic rings. The average Bonchev–Trinajstić information content (AvgIpc) is 2.86. The van der Waals surface area contributed by atoms with Crippen molar-refractivity contribution in [3.05, 3.63) is 120 Å². The molecule has 1 atom stereocenters. The van der Waals surface area contributed by atoms with E-state index in [2.05, 4.69) is 0 Å². The summed E-state index contributed by atoms with van der Waals surface area (Å²) in [6.45, 7) is -0.0762. The second kappa shape index (κ2) is 10.5. The van der Waals surface area contributed by atoms with Crippen molar-refractivity contribution in [1.82, 2.24) is 9.80 Å². The van der Waals surface area contributed by atoms with E-state index in [1.807, 2.05) is 30.3 Å². The molecule has 36 heavy (non-hydrogen) atoms. The van der Waals surface area contributed by atoms with Crippen LogP contribution in [0.15, 0.2) is 97.3 Å². The van der Waals surface area contributed by atoms with Crippen LogP contribution in [0.3, 0.4) is 0 Å². The number of rotatable bonds is 6. The van der Waals surface area contributed by atoms with Gasteiger partial charge in [-0.15, -0.1) is 0 Å². The van der Waals surface area contributed by atoms with E-state index < -0.39 is 29.6 Å². The van der Waals surface area contributed by atoms with Gasteiger partial charge < -0.3 is 14.9 Å². The van der Waals surface area contributed by atoms with Crippen molar-refractivity contribution in [1.29, 1.82) is 0 Å². The summed E-state index contributed by atoms with van der Waals surface area (Å²) < 4.78 is 39.4. The number of hydrogen-bond donors (Lipinski definition) is 1. The minimum atomic E-state index is -4.49. The Kier molecular flexibility index (Phi) is 7.24. The van der Waals surface area contributed by atoms with Crippen molar-refractivity contribution in [3.63, 3.8) is 0 Å². The van der Waals surface area contributed by atoms with Crippen LogP contribution in [0.4, 0.5) is 13.2 Å². The molecule has 184 valence electrons. The van der Waals surface area contributed by atoms with Gasteiger partial charge in [-0.1, -0.05) is 54.6 Å². The second-order valence-electron chi connectivity index (χ2n) is 8.34. The number of amides is 2. The number of aromatic hydroxyl groups is 1. The Bertz CT molecular complexity index is 1290. The van der Waals surface area contributed by atoms with Crippen molar-refractivity contribution in [2.45, 2.75) is 25.2 Å². The van der Waals surface area contributed by atoms with Crippen LogP contribution in [0, 0.1) is 0 Å². The predicted octanol–water partition coefficient (Wildman–Crippen LogP) is 5.38. The van der Waals surface area contributed by atoms with Gasteiger partial charge in [0.05, 0.1) is 12.1 Å². The highest BCUT2D eigenvalue weighted by molar-refractivity contribution is 5.97. The van der Waals surface area contributed by atoms with Gasteiger partial charge in [0.15, 0.2) is 0 Å². The Balaban J connectivity index is 1.60. The fraction of sp³-hybridized carbons (Fsp3) is 0.143. The number of phenols is 1. The maximum absolute atomic E-state index is 13.5. The highest BCUT2D eigenvalue weighted by Gasteiger charge is 2.35. The second-order valence-corrected chi connectivity index (χ2v) is 8.34. The zero-order chi connectivity index (χ0) is 25.7. The average molecular weight is 492 g/mol. The van der Waals surface area contributed by atoms with Crippen LogP contribution in [0.2, 0.25) is 0 Å². The molecule has 0 saturated carbocycles. The van der Waals surface area contributed by atoms with E-state index in [4.69, 9.17) is 0 Å². The van der Waals surface area contributed by atoms with Crippen LogP contribution in [0.5, 0.6) is 5.75 Å². The van der Waals surface area contributed by atoms with Crippen LogP contribution in [-0.4, -0.2) is 32.8 Å². The third kappa shape index (κ3) is 6.02. The van der Waals surface area contributed by atoms with Gasteiger partial charge in [0.25, 0.3) is 5.91 Å². The number of benzene rings is 3. The van der Waals surface area contributed by atoms with Crippen LogP contribution in [-0.2, 0) is 28.7 Å². The lowest BCUT2D eigenvalue weighted by atomic mass is 10.0. The molecule has 3 aromatic carbocycles. The van der Waals surface area contributed by atoms with Gasteiger partial charge >= 0.3 is 6.18 Å². The number of halogens is 3. The van der Waals surface area contributed by atoms with Gasteiger partial charge in [0, 0.05) is 24.9 Å². The molecule has 1 heterocycles. The number of carbonyl (C=O) groups excluding carboxylic acids is 2. The first-order valence-electron chi connectivity index (χ1n) is 11.2. The van der Waals surface area contributed by atoms with E-state index in [-0.39, 0.29) is 18.7 Å². The predicted molar refractivity (Wildman–Crippen MR) is 129 cm³/mol. The normalized spacial score (nSPS) is 16.1. The third-order valence-electron chi connectivity index (χ3n) is 5.76. The van der Waals surface area contributed by atoms with E-state index >= 15 is 0 Å². The lowest BCUT2D eigenvalue weighted by Gasteiger charge is -2.35. The lowest BCUT2D eigenvalue weighted by Crippen LogP contribution is -2.51. The molecule has 1 aliphatic rings. The Morgan fingerprint density at radius 2 is 1.64 bits per heavy atom. The molecule has 1 N–H and O–H groups in total. The Hall–Kier alpha value is -4.33. The smallest absolute Gasteiger partial charge is 0.416 e. The summed E-state index contributed by atoms with van der Waals surface area (Å²) in [4.78, 5) is 29.1. The van der Waals surface area contributed by atoms with E-state index in [1.54, 1.807) is 18.2 Å². The fourth-order valence-electron chi connectivity index (χ4n) is 3.90. The van der Waals surface area contributed by atoms with E-state index in [0.29, 0.717) is 11.1 Å². The number of phenolic OH excluding ortho intramolecular Hbond substituents is 1. The molecule has 0 fully saturated rings. The molecule has 0 bridgehead atoms. The van der Waals surface area contributed by atoms with Crippen molar-refractivity contribution in [2.75, 3.05) is 0 Å². The molecule has 0 saturated heterocycles. The van der Waals surface area contributed by atoms with Gasteiger partial charge in [-0.2, -0.15) is 13.2 Å². The van der Waals surface area contributed by atoms with Crippen molar-refractivity contribution >= 4 is 17.9 Å². The van der Waals surface area contributed by atoms with Crippen molar-refractivity contribution < 1.29 is 27.9 Å². The largest absolute Gasteiger partial charge is 0.508 e. The van der Waals surface area contributed by atoms with Gasteiger partial charge in [-0.05, 0) is 47.0 Å². The molecule has 0 aliphatic carbocycles. The topological polar surface area (TPSA) is 60.9 Å². The molecular weight excluding hydrogens is 469 g/mol. The van der Waals surface area contributed by atoms with Crippen molar-refractivity contribution in [2.24, 2.45) is 0 Å². The highest BCUT2D eigenvalue weighted by Crippen LogP contribution is 2.30. The zero-order valence-corrected chi connectivity index (χ0v) is 19.1. The quantitative estimate of drug-likeness (QED) is 0.470. The summed E-state index contributed by atoms with van der Waals surface area (Å²) in [5, 5.41) is 9.58. The molecule has 4 rings (SSSR count). The molecule has 0 aromatic heterocycles. The van der Waals surface area contributed by atoms with Gasteiger partial charge in [-0.3, -0.25) is 9.59 Å². The zero-order valence-electron chi connectivity index (χ0n) is 19.1. The number of carbonyl (C=O) groups is 2. The van der Waals surface area contributed by atoms with E-state index in [9.17, 15) is 27.9 Å². The van der Waals surface area contributed by atoms with Crippen LogP contribution < -0.4 is 0 Å². The van der Waals surface area contributed by atoms with Gasteiger partial charge in [0.2, 0.25) is 5.91 Å². The summed E-state index contributed by atoms with van der Waals surface area (Å²) in [7, 11) is 0. The van der Waals surface area contributed by atoms with E-state index in [0.717, 1.165) is 17.7 Å². The minimum Gasteiger partial charge on any atom is -0.508 e. The number of nitrogens with zero attached hydrogens (tertiary/aromatic N) is 2. The molecule has 1 aliphatic heterocycles. The Morgan fingerprint density at radius 3 is 2.33 bits per heavy atom. The standard InChI is InChI=1S/C28H23F3N2O3/c29-28(30,31)23-8-4-7-22(17-23)19-32-15-16-33(26(35)14-11-20-5-2-1-3-6-20)25(27(32)36)18-21-9-12-24(34)13-10-21/h1-17,25,34H,18-19H2/b14-11+/t25-/m0/s1. The molecule has 8 heteroatoms.